The lowest BCUT2D eigenvalue weighted by Gasteiger charge is -2.23. The van der Waals surface area contributed by atoms with Crippen LogP contribution in [0, 0.1) is 0 Å². The summed E-state index contributed by atoms with van der Waals surface area (Å²) in [5.74, 6) is 0.757. The molecule has 15 heavy (non-hydrogen) atoms. The number of ether oxygens (including phenoxy) is 1. The molecule has 2 N–H and O–H groups in total. The molecule has 0 saturated carbocycles. The van der Waals surface area contributed by atoms with Crippen molar-refractivity contribution in [2.24, 2.45) is 7.05 Å². The Bertz CT molecular complexity index is 297. The second kappa shape index (κ2) is 5.14. The van der Waals surface area contributed by atoms with Gasteiger partial charge in [0.15, 0.2) is 0 Å². The van der Waals surface area contributed by atoms with E-state index in [0.29, 0.717) is 19.6 Å². The first-order chi connectivity index (χ1) is 7.05. The van der Waals surface area contributed by atoms with Crippen LogP contribution >= 0.6 is 0 Å². The molecule has 0 aromatic carbocycles. The zero-order valence-electron chi connectivity index (χ0n) is 9.53. The Morgan fingerprint density at radius 2 is 2.40 bits per heavy atom. The maximum atomic E-state index is 9.96. The van der Waals surface area contributed by atoms with Crippen molar-refractivity contribution in [1.82, 2.24) is 9.55 Å². The third kappa shape index (κ3) is 3.89. The monoisotopic (exact) mass is 213 g/mol. The number of methoxy groups -OCH3 is 1. The first kappa shape index (κ1) is 12.0. The van der Waals surface area contributed by atoms with Gasteiger partial charge in [0.05, 0.1) is 5.60 Å². The minimum atomic E-state index is -0.776. The Morgan fingerprint density at radius 3 is 2.93 bits per heavy atom. The molecule has 1 rings (SSSR count). The molecule has 1 heterocycles. The molecule has 5 heteroatoms. The molecule has 0 aliphatic carbocycles. The Balaban J connectivity index is 2.39. The number of aromatic nitrogens is 2. The number of anilines is 1. The van der Waals surface area contributed by atoms with E-state index in [0.717, 1.165) is 5.95 Å². The van der Waals surface area contributed by atoms with Crippen molar-refractivity contribution in [3.05, 3.63) is 12.4 Å². The van der Waals surface area contributed by atoms with Gasteiger partial charge in [0, 0.05) is 46.1 Å². The van der Waals surface area contributed by atoms with Gasteiger partial charge >= 0.3 is 0 Å². The van der Waals surface area contributed by atoms with Gasteiger partial charge in [-0.15, -0.1) is 0 Å². The van der Waals surface area contributed by atoms with Gasteiger partial charge in [-0.2, -0.15) is 0 Å². The zero-order chi connectivity index (χ0) is 11.3. The van der Waals surface area contributed by atoms with Gasteiger partial charge in [0.1, 0.15) is 0 Å². The molecule has 5 nitrogen and oxygen atoms in total. The second-order valence-electron chi connectivity index (χ2n) is 3.96. The topological polar surface area (TPSA) is 59.3 Å². The number of imidazole rings is 1. The summed E-state index contributed by atoms with van der Waals surface area (Å²) < 4.78 is 6.80. The van der Waals surface area contributed by atoms with Crippen LogP contribution in [0.3, 0.4) is 0 Å². The van der Waals surface area contributed by atoms with E-state index >= 15 is 0 Å². The molecular formula is C10H19N3O2. The van der Waals surface area contributed by atoms with E-state index in [-0.39, 0.29) is 0 Å². The summed E-state index contributed by atoms with van der Waals surface area (Å²) in [5, 5.41) is 13.0. The molecule has 1 unspecified atom stereocenters. The molecule has 1 aromatic rings. The smallest absolute Gasteiger partial charge is 0.202 e. The van der Waals surface area contributed by atoms with E-state index in [1.807, 2.05) is 17.8 Å². The highest BCUT2D eigenvalue weighted by Crippen LogP contribution is 2.10. The number of nitrogens with one attached hydrogen (secondary N) is 1. The molecule has 0 amide bonds. The average Bonchev–Trinajstić information content (AvgIpc) is 2.58. The second-order valence-corrected chi connectivity index (χ2v) is 3.96. The summed E-state index contributed by atoms with van der Waals surface area (Å²) in [6.45, 7) is 2.79. The summed E-state index contributed by atoms with van der Waals surface area (Å²) in [6, 6.07) is 0. The largest absolute Gasteiger partial charge is 0.388 e. The van der Waals surface area contributed by atoms with Gasteiger partial charge in [0.2, 0.25) is 5.95 Å². The molecule has 86 valence electrons. The first-order valence-corrected chi connectivity index (χ1v) is 4.98. The van der Waals surface area contributed by atoms with Crippen LogP contribution in [0.15, 0.2) is 12.4 Å². The van der Waals surface area contributed by atoms with Crippen LogP contribution in [-0.4, -0.2) is 40.5 Å². The van der Waals surface area contributed by atoms with E-state index in [2.05, 4.69) is 10.3 Å². The van der Waals surface area contributed by atoms with Crippen LogP contribution in [0.5, 0.6) is 0 Å². The first-order valence-electron chi connectivity index (χ1n) is 4.98. The minimum absolute atomic E-state index is 0.460. The fraction of sp³-hybridized carbons (Fsp3) is 0.700. The Labute approximate surface area is 90.1 Å². The molecule has 1 aromatic heterocycles. The van der Waals surface area contributed by atoms with Crippen molar-refractivity contribution in [2.75, 3.05) is 25.6 Å². The average molecular weight is 213 g/mol. The molecule has 0 spiro atoms. The van der Waals surface area contributed by atoms with Gasteiger partial charge in [-0.1, -0.05) is 0 Å². The van der Waals surface area contributed by atoms with Crippen LogP contribution in [0.4, 0.5) is 5.95 Å². The summed E-state index contributed by atoms with van der Waals surface area (Å²) in [5.41, 5.74) is -0.776. The lowest BCUT2D eigenvalue weighted by atomic mass is 10.0. The fourth-order valence-corrected chi connectivity index (χ4v) is 1.22. The van der Waals surface area contributed by atoms with Crippen molar-refractivity contribution in [2.45, 2.75) is 18.9 Å². The minimum Gasteiger partial charge on any atom is -0.388 e. The molecular weight excluding hydrogens is 194 g/mol. The quantitative estimate of drug-likeness (QED) is 0.727. The lowest BCUT2D eigenvalue weighted by molar-refractivity contribution is 0.0356. The highest BCUT2D eigenvalue weighted by atomic mass is 16.5. The van der Waals surface area contributed by atoms with Crippen LogP contribution in [0.25, 0.3) is 0 Å². The molecule has 0 aliphatic heterocycles. The van der Waals surface area contributed by atoms with Crippen LogP contribution in [0.2, 0.25) is 0 Å². The number of aliphatic hydroxyl groups is 1. The Morgan fingerprint density at radius 1 is 1.67 bits per heavy atom. The number of rotatable bonds is 6. The van der Waals surface area contributed by atoms with Crippen LogP contribution in [-0.2, 0) is 11.8 Å². The van der Waals surface area contributed by atoms with E-state index in [1.54, 1.807) is 20.2 Å². The lowest BCUT2D eigenvalue weighted by Crippen LogP contribution is -2.35. The maximum Gasteiger partial charge on any atom is 0.202 e. The van der Waals surface area contributed by atoms with E-state index < -0.39 is 5.60 Å². The van der Waals surface area contributed by atoms with Gasteiger partial charge in [-0.05, 0) is 6.92 Å². The summed E-state index contributed by atoms with van der Waals surface area (Å²) >= 11 is 0. The van der Waals surface area contributed by atoms with Crippen molar-refractivity contribution < 1.29 is 9.84 Å². The summed E-state index contributed by atoms with van der Waals surface area (Å²) in [6.07, 6.45) is 4.17. The highest BCUT2D eigenvalue weighted by molar-refractivity contribution is 5.25. The molecule has 0 aliphatic rings. The van der Waals surface area contributed by atoms with Gasteiger partial charge in [0.25, 0.3) is 0 Å². The predicted molar refractivity (Wildman–Crippen MR) is 58.8 cm³/mol. The number of hydrogen-bond acceptors (Lipinski definition) is 4. The van der Waals surface area contributed by atoms with Crippen LogP contribution < -0.4 is 5.32 Å². The van der Waals surface area contributed by atoms with E-state index in [4.69, 9.17) is 4.74 Å². The normalized spacial score (nSPS) is 14.9. The maximum absolute atomic E-state index is 9.96. The van der Waals surface area contributed by atoms with Crippen molar-refractivity contribution >= 4 is 5.95 Å². The summed E-state index contributed by atoms with van der Waals surface area (Å²) in [4.78, 5) is 4.11. The van der Waals surface area contributed by atoms with Gasteiger partial charge in [-0.25, -0.2) is 4.98 Å². The number of aryl methyl sites for hydroxylation is 1. The van der Waals surface area contributed by atoms with E-state index in [1.165, 1.54) is 0 Å². The van der Waals surface area contributed by atoms with Crippen molar-refractivity contribution in [3.63, 3.8) is 0 Å². The van der Waals surface area contributed by atoms with Crippen molar-refractivity contribution in [1.29, 1.82) is 0 Å². The third-order valence-corrected chi connectivity index (χ3v) is 2.29. The predicted octanol–water partition coefficient (Wildman–Crippen LogP) is 0.619. The third-order valence-electron chi connectivity index (χ3n) is 2.29. The van der Waals surface area contributed by atoms with Crippen molar-refractivity contribution in [3.8, 4) is 0 Å². The molecule has 0 fully saturated rings. The SMILES string of the molecule is COCCC(C)(O)CNc1nccn1C. The number of nitrogens with zero attached hydrogens (tertiary/aromatic N) is 2. The Kier molecular flexibility index (Phi) is 4.11. The molecule has 0 radical (unpaired) electrons. The fourth-order valence-electron chi connectivity index (χ4n) is 1.22. The zero-order valence-corrected chi connectivity index (χ0v) is 9.53. The summed E-state index contributed by atoms with van der Waals surface area (Å²) in [7, 11) is 3.53. The highest BCUT2D eigenvalue weighted by Gasteiger charge is 2.20. The standard InChI is InChI=1S/C10H19N3O2/c1-10(14,4-7-15-3)8-12-9-11-5-6-13(9)2/h5-6,14H,4,7-8H2,1-3H3,(H,11,12). The molecule has 0 saturated heterocycles. The number of hydrogen-bond donors (Lipinski definition) is 2. The molecule has 1 atom stereocenters. The van der Waals surface area contributed by atoms with Gasteiger partial charge < -0.3 is 19.7 Å². The van der Waals surface area contributed by atoms with Crippen LogP contribution in [0.1, 0.15) is 13.3 Å². The van der Waals surface area contributed by atoms with E-state index in [9.17, 15) is 5.11 Å². The van der Waals surface area contributed by atoms with Gasteiger partial charge in [-0.3, -0.25) is 0 Å². The Hall–Kier alpha value is -1.07. The molecule has 0 bridgehead atoms.